The summed E-state index contributed by atoms with van der Waals surface area (Å²) in [6.45, 7) is 13.9. The first-order chi connectivity index (χ1) is 18.6. The van der Waals surface area contributed by atoms with E-state index in [2.05, 4.69) is 11.8 Å². The first-order valence-corrected chi connectivity index (χ1v) is 12.9. The van der Waals surface area contributed by atoms with Crippen LogP contribution in [0.5, 0.6) is 5.75 Å². The molecule has 1 unspecified atom stereocenters. The summed E-state index contributed by atoms with van der Waals surface area (Å²) in [5.41, 5.74) is 2.57. The molecule has 3 rings (SSSR count). The van der Waals surface area contributed by atoms with Gasteiger partial charge in [-0.3, -0.25) is 4.84 Å². The Balaban J connectivity index is 1.97. The fourth-order valence-electron chi connectivity index (χ4n) is 3.46. The van der Waals surface area contributed by atoms with Crippen LogP contribution in [-0.2, 0) is 14.3 Å². The zero-order chi connectivity index (χ0) is 29.7. The molecular weight excluding hydrogens is 510 g/mol. The van der Waals surface area contributed by atoms with Crippen LogP contribution >= 0.6 is 0 Å². The van der Waals surface area contributed by atoms with E-state index >= 15 is 0 Å². The number of carbonyl (C=O) groups excluding carboxylic acids is 2. The van der Waals surface area contributed by atoms with Crippen LogP contribution in [0.15, 0.2) is 54.6 Å². The lowest BCUT2D eigenvalue weighted by atomic mass is 10.1. The van der Waals surface area contributed by atoms with E-state index in [1.165, 1.54) is 0 Å². The number of amides is 1. The lowest BCUT2D eigenvalue weighted by molar-refractivity contribution is -0.144. The highest BCUT2D eigenvalue weighted by Gasteiger charge is 2.31. The van der Waals surface area contributed by atoms with Crippen molar-refractivity contribution in [2.24, 2.45) is 0 Å². The van der Waals surface area contributed by atoms with Gasteiger partial charge in [-0.15, -0.1) is 5.06 Å². The van der Waals surface area contributed by atoms with Gasteiger partial charge in [0.15, 0.2) is 0 Å². The van der Waals surface area contributed by atoms with Crippen molar-refractivity contribution >= 4 is 12.2 Å². The summed E-state index contributed by atoms with van der Waals surface area (Å²) in [7, 11) is 1.61. The van der Waals surface area contributed by atoms with Crippen molar-refractivity contribution < 1.29 is 28.6 Å². The molecule has 0 radical (unpaired) electrons. The van der Waals surface area contributed by atoms with E-state index in [0.29, 0.717) is 5.69 Å². The van der Waals surface area contributed by atoms with Crippen molar-refractivity contribution in [3.05, 3.63) is 65.9 Å². The molecule has 3 aromatic rings. The SMILES string of the molecule is COc1ccc(-n2nc(C#CC(C)N(OC(=O)OC(C)(C)C)C(=O)OC(C)(C)C)cc2-c2ccc(C)cc2)cc1. The molecule has 0 N–H and O–H groups in total. The molecule has 9 heteroatoms. The second kappa shape index (κ2) is 12.2. The third kappa shape index (κ3) is 8.53. The third-order valence-electron chi connectivity index (χ3n) is 5.27. The summed E-state index contributed by atoms with van der Waals surface area (Å²) in [5.74, 6) is 6.69. The average Bonchev–Trinajstić information content (AvgIpc) is 3.28. The average molecular weight is 548 g/mol. The van der Waals surface area contributed by atoms with E-state index in [1.807, 2.05) is 61.5 Å². The Morgan fingerprint density at radius 3 is 2.08 bits per heavy atom. The van der Waals surface area contributed by atoms with Crippen LogP contribution in [0.4, 0.5) is 9.59 Å². The fourth-order valence-corrected chi connectivity index (χ4v) is 3.46. The van der Waals surface area contributed by atoms with Crippen molar-refractivity contribution in [1.29, 1.82) is 0 Å². The Morgan fingerprint density at radius 1 is 0.925 bits per heavy atom. The van der Waals surface area contributed by atoms with E-state index in [4.69, 9.17) is 24.1 Å². The minimum atomic E-state index is -1.04. The van der Waals surface area contributed by atoms with Crippen molar-refractivity contribution in [3.8, 4) is 34.5 Å². The second-order valence-corrected chi connectivity index (χ2v) is 11.2. The van der Waals surface area contributed by atoms with Crippen LogP contribution in [0.1, 0.15) is 59.7 Å². The Kier molecular flexibility index (Phi) is 9.15. The lowest BCUT2D eigenvalue weighted by Crippen LogP contribution is -2.44. The molecule has 40 heavy (non-hydrogen) atoms. The van der Waals surface area contributed by atoms with Gasteiger partial charge in [-0.05, 0) is 85.6 Å². The predicted octanol–water partition coefficient (Wildman–Crippen LogP) is 6.70. The molecule has 2 aromatic carbocycles. The fraction of sp³-hybridized carbons (Fsp3) is 0.387. The van der Waals surface area contributed by atoms with E-state index in [-0.39, 0.29) is 0 Å². The topological polar surface area (TPSA) is 92.1 Å². The number of carbonyl (C=O) groups is 2. The van der Waals surface area contributed by atoms with E-state index in [9.17, 15) is 9.59 Å². The maximum absolute atomic E-state index is 12.9. The van der Waals surface area contributed by atoms with Crippen molar-refractivity contribution in [3.63, 3.8) is 0 Å². The molecule has 1 heterocycles. The van der Waals surface area contributed by atoms with Crippen molar-refractivity contribution in [2.45, 2.75) is 72.6 Å². The number of aromatic nitrogens is 2. The molecule has 0 fully saturated rings. The van der Waals surface area contributed by atoms with Crippen molar-refractivity contribution in [2.75, 3.05) is 7.11 Å². The van der Waals surface area contributed by atoms with Gasteiger partial charge in [0.2, 0.25) is 0 Å². The van der Waals surface area contributed by atoms with Crippen LogP contribution in [-0.4, -0.2) is 51.4 Å². The number of methoxy groups -OCH3 is 1. The van der Waals surface area contributed by atoms with Gasteiger partial charge in [-0.25, -0.2) is 14.3 Å². The summed E-state index contributed by atoms with van der Waals surface area (Å²) in [4.78, 5) is 30.5. The first-order valence-electron chi connectivity index (χ1n) is 12.9. The lowest BCUT2D eigenvalue weighted by Gasteiger charge is -2.28. The molecule has 212 valence electrons. The highest BCUT2D eigenvalue weighted by atomic mass is 16.8. The number of hydroxylamine groups is 2. The van der Waals surface area contributed by atoms with Gasteiger partial charge in [0.05, 0.1) is 18.5 Å². The standard InChI is InChI=1S/C31H37N3O6/c1-21-10-13-23(14-11-21)27-20-24(32-33(27)25-16-18-26(37-9)19-17-25)15-12-22(2)34(28(35)38-30(3,4)5)40-29(36)39-31(6,7)8/h10-11,13-14,16-20,22H,1-9H3. The molecular formula is C31H37N3O6. The highest BCUT2D eigenvalue weighted by molar-refractivity contribution is 5.71. The zero-order valence-electron chi connectivity index (χ0n) is 24.6. The highest BCUT2D eigenvalue weighted by Crippen LogP contribution is 2.26. The normalized spacial score (nSPS) is 12.0. The first kappa shape index (κ1) is 30.1. The Bertz CT molecular complexity index is 1380. The van der Waals surface area contributed by atoms with Gasteiger partial charge in [0, 0.05) is 11.6 Å². The van der Waals surface area contributed by atoms with Gasteiger partial charge in [-0.2, -0.15) is 5.10 Å². The number of hydrogen-bond donors (Lipinski definition) is 0. The third-order valence-corrected chi connectivity index (χ3v) is 5.27. The summed E-state index contributed by atoms with van der Waals surface area (Å²) in [5, 5.41) is 5.49. The number of benzene rings is 2. The molecule has 0 spiro atoms. The van der Waals surface area contributed by atoms with E-state index < -0.39 is 29.5 Å². The van der Waals surface area contributed by atoms with Gasteiger partial charge in [0.1, 0.15) is 28.7 Å². The van der Waals surface area contributed by atoms with Gasteiger partial charge >= 0.3 is 12.2 Å². The Labute approximate surface area is 235 Å². The van der Waals surface area contributed by atoms with Crippen LogP contribution in [0, 0.1) is 18.8 Å². The number of hydrogen-bond acceptors (Lipinski definition) is 7. The molecule has 0 aliphatic carbocycles. The monoisotopic (exact) mass is 547 g/mol. The minimum absolute atomic E-state index is 0.458. The molecule has 1 atom stereocenters. The molecule has 1 amide bonds. The number of nitrogens with zero attached hydrogens (tertiary/aromatic N) is 3. The molecule has 0 aliphatic rings. The van der Waals surface area contributed by atoms with Crippen LogP contribution in [0.25, 0.3) is 16.9 Å². The molecule has 0 aliphatic heterocycles. The smallest absolute Gasteiger partial charge is 0.497 e. The summed E-state index contributed by atoms with van der Waals surface area (Å²) in [6, 6.07) is 16.6. The summed E-state index contributed by atoms with van der Waals surface area (Å²) in [6.07, 6.45) is -1.92. The largest absolute Gasteiger partial charge is 0.534 e. The van der Waals surface area contributed by atoms with Gasteiger partial charge < -0.3 is 14.2 Å². The zero-order valence-corrected chi connectivity index (χ0v) is 24.6. The molecule has 0 saturated heterocycles. The van der Waals surface area contributed by atoms with Gasteiger partial charge in [0.25, 0.3) is 0 Å². The minimum Gasteiger partial charge on any atom is -0.497 e. The quantitative estimate of drug-likeness (QED) is 0.204. The molecule has 1 aromatic heterocycles. The van der Waals surface area contributed by atoms with E-state index in [0.717, 1.165) is 33.3 Å². The van der Waals surface area contributed by atoms with Crippen LogP contribution < -0.4 is 4.74 Å². The Morgan fingerprint density at radius 2 is 1.52 bits per heavy atom. The maximum atomic E-state index is 12.9. The maximum Gasteiger partial charge on any atom is 0.534 e. The van der Waals surface area contributed by atoms with Crippen LogP contribution in [0.3, 0.4) is 0 Å². The summed E-state index contributed by atoms with van der Waals surface area (Å²) < 4.78 is 17.7. The Hall–Kier alpha value is -4.45. The number of ether oxygens (including phenoxy) is 3. The summed E-state index contributed by atoms with van der Waals surface area (Å²) >= 11 is 0. The van der Waals surface area contributed by atoms with Gasteiger partial charge in [-0.1, -0.05) is 35.7 Å². The van der Waals surface area contributed by atoms with Crippen LogP contribution in [0.2, 0.25) is 0 Å². The van der Waals surface area contributed by atoms with Crippen molar-refractivity contribution in [1.82, 2.24) is 14.8 Å². The predicted molar refractivity (Wildman–Crippen MR) is 152 cm³/mol. The molecule has 0 saturated carbocycles. The second-order valence-electron chi connectivity index (χ2n) is 11.2. The number of aryl methyl sites for hydroxylation is 1. The molecule has 9 nitrogen and oxygen atoms in total. The number of rotatable bonds is 4. The van der Waals surface area contributed by atoms with E-state index in [1.54, 1.807) is 60.3 Å². The molecule has 0 bridgehead atoms.